The first-order valence-corrected chi connectivity index (χ1v) is 9.14. The molecule has 4 heterocycles. The maximum Gasteiger partial charge on any atom is 0.228 e. The smallest absolute Gasteiger partial charge is 0.228 e. The molecule has 2 aliphatic rings. The summed E-state index contributed by atoms with van der Waals surface area (Å²) in [6, 6.07) is 3.93. The largest absolute Gasteiger partial charge is 0.342 e. The van der Waals surface area contributed by atoms with Crippen molar-refractivity contribution < 1.29 is 9.59 Å². The van der Waals surface area contributed by atoms with Gasteiger partial charge in [-0.1, -0.05) is 6.08 Å². The third kappa shape index (κ3) is 2.98. The number of hydrogen-bond acceptors (Lipinski definition) is 4. The van der Waals surface area contributed by atoms with Crippen LogP contribution in [0.2, 0.25) is 0 Å². The summed E-state index contributed by atoms with van der Waals surface area (Å²) in [6.07, 6.45) is 5.72. The molecule has 2 aromatic rings. The van der Waals surface area contributed by atoms with Crippen LogP contribution < -0.4 is 0 Å². The van der Waals surface area contributed by atoms with Crippen LogP contribution in [0.4, 0.5) is 0 Å². The zero-order chi connectivity index (χ0) is 18.1. The Bertz CT molecular complexity index is 845. The summed E-state index contributed by atoms with van der Waals surface area (Å²) in [4.78, 5) is 32.9. The summed E-state index contributed by atoms with van der Waals surface area (Å²) in [6.45, 7) is 6.11. The molecule has 2 aliphatic heterocycles. The van der Waals surface area contributed by atoms with Crippen LogP contribution in [0, 0.1) is 5.92 Å². The van der Waals surface area contributed by atoms with Crippen molar-refractivity contribution in [2.24, 2.45) is 5.92 Å². The molecular formula is C19H23N5O2. The van der Waals surface area contributed by atoms with Crippen molar-refractivity contribution in [2.75, 3.05) is 26.2 Å². The van der Waals surface area contributed by atoms with E-state index in [2.05, 4.69) is 21.8 Å². The second-order valence-electron chi connectivity index (χ2n) is 7.12. The lowest BCUT2D eigenvalue weighted by molar-refractivity contribution is -0.137. The van der Waals surface area contributed by atoms with E-state index >= 15 is 0 Å². The molecule has 2 atom stereocenters. The van der Waals surface area contributed by atoms with Gasteiger partial charge >= 0.3 is 0 Å². The van der Waals surface area contributed by atoms with Gasteiger partial charge in [-0.3, -0.25) is 14.7 Å². The number of pyridine rings is 1. The van der Waals surface area contributed by atoms with E-state index in [1.165, 1.54) is 0 Å². The van der Waals surface area contributed by atoms with Crippen LogP contribution in [0.15, 0.2) is 31.0 Å². The van der Waals surface area contributed by atoms with Crippen LogP contribution in [0.1, 0.15) is 30.9 Å². The molecule has 0 radical (unpaired) electrons. The number of aromatic nitrogens is 3. The number of rotatable bonds is 4. The minimum atomic E-state index is -0.235. The highest BCUT2D eigenvalue weighted by molar-refractivity contribution is 5.89. The van der Waals surface area contributed by atoms with Gasteiger partial charge in [0.15, 0.2) is 5.65 Å². The van der Waals surface area contributed by atoms with E-state index < -0.39 is 0 Å². The molecule has 4 rings (SSSR count). The van der Waals surface area contributed by atoms with Gasteiger partial charge in [0.1, 0.15) is 0 Å². The monoisotopic (exact) mass is 353 g/mol. The third-order valence-corrected chi connectivity index (χ3v) is 5.41. The van der Waals surface area contributed by atoms with Crippen LogP contribution in [-0.2, 0) is 9.59 Å². The average molecular weight is 353 g/mol. The lowest BCUT2D eigenvalue weighted by Crippen LogP contribution is -2.43. The fourth-order valence-electron chi connectivity index (χ4n) is 4.12. The minimum Gasteiger partial charge on any atom is -0.342 e. The number of nitrogens with one attached hydrogen (secondary N) is 1. The summed E-state index contributed by atoms with van der Waals surface area (Å²) in [7, 11) is 0. The average Bonchev–Trinajstić information content (AvgIpc) is 3.26. The predicted molar refractivity (Wildman–Crippen MR) is 97.3 cm³/mol. The van der Waals surface area contributed by atoms with Crippen molar-refractivity contribution in [3.05, 3.63) is 36.7 Å². The summed E-state index contributed by atoms with van der Waals surface area (Å²) in [5.41, 5.74) is 1.77. The Morgan fingerprint density at radius 2 is 2.31 bits per heavy atom. The predicted octanol–water partition coefficient (Wildman–Crippen LogP) is 1.70. The topological polar surface area (TPSA) is 82.2 Å². The number of likely N-dealkylation sites (tertiary alicyclic amines) is 2. The van der Waals surface area contributed by atoms with Crippen LogP contribution in [0.25, 0.3) is 11.0 Å². The number of amides is 2. The fourth-order valence-corrected chi connectivity index (χ4v) is 4.12. The zero-order valence-electron chi connectivity index (χ0n) is 14.7. The van der Waals surface area contributed by atoms with Gasteiger partial charge in [-0.25, -0.2) is 4.98 Å². The number of nitrogens with zero attached hydrogens (tertiary/aromatic N) is 4. The molecule has 136 valence electrons. The van der Waals surface area contributed by atoms with Gasteiger partial charge in [0, 0.05) is 55.8 Å². The highest BCUT2D eigenvalue weighted by Crippen LogP contribution is 2.31. The molecule has 2 saturated heterocycles. The summed E-state index contributed by atoms with van der Waals surface area (Å²) < 4.78 is 0. The number of carbonyl (C=O) groups is 2. The normalized spacial score (nSPS) is 23.6. The second kappa shape index (κ2) is 6.90. The summed E-state index contributed by atoms with van der Waals surface area (Å²) in [5, 5.41) is 8.43. The third-order valence-electron chi connectivity index (χ3n) is 5.41. The first-order chi connectivity index (χ1) is 12.7. The van der Waals surface area contributed by atoms with Gasteiger partial charge < -0.3 is 9.80 Å². The van der Waals surface area contributed by atoms with Gasteiger partial charge in [-0.2, -0.15) is 5.10 Å². The number of aromatic amines is 1. The molecule has 2 amide bonds. The second-order valence-corrected chi connectivity index (χ2v) is 7.12. The Hall–Kier alpha value is -2.70. The Balaban J connectivity index is 1.48. The van der Waals surface area contributed by atoms with E-state index in [1.54, 1.807) is 17.2 Å². The molecule has 0 aliphatic carbocycles. The van der Waals surface area contributed by atoms with Gasteiger partial charge in [0.05, 0.1) is 5.92 Å². The molecule has 0 saturated carbocycles. The first-order valence-electron chi connectivity index (χ1n) is 9.14. The van der Waals surface area contributed by atoms with Crippen molar-refractivity contribution in [3.63, 3.8) is 0 Å². The van der Waals surface area contributed by atoms with Crippen molar-refractivity contribution in [1.82, 2.24) is 25.0 Å². The molecule has 0 unspecified atom stereocenters. The van der Waals surface area contributed by atoms with Crippen molar-refractivity contribution in [2.45, 2.75) is 25.2 Å². The fraction of sp³-hybridized carbons (Fsp3) is 0.474. The van der Waals surface area contributed by atoms with Gasteiger partial charge in [-0.05, 0) is 25.0 Å². The SMILES string of the molecule is C=CCN1C[C@H](C(=O)N2CCC[C@@H](c3[nH]nc4ncccc34)C2)CC1=O. The molecule has 26 heavy (non-hydrogen) atoms. The van der Waals surface area contributed by atoms with Crippen LogP contribution in [0.3, 0.4) is 0 Å². The quantitative estimate of drug-likeness (QED) is 0.848. The van der Waals surface area contributed by atoms with E-state index in [0.717, 1.165) is 30.5 Å². The van der Waals surface area contributed by atoms with E-state index in [0.29, 0.717) is 31.7 Å². The van der Waals surface area contributed by atoms with Crippen molar-refractivity contribution >= 4 is 22.8 Å². The highest BCUT2D eigenvalue weighted by atomic mass is 16.2. The number of hydrogen-bond donors (Lipinski definition) is 1. The molecule has 2 fully saturated rings. The standard InChI is InChI=1S/C19H23N5O2/c1-2-8-23-12-14(10-16(23)25)19(26)24-9-4-5-13(11-24)17-15-6-3-7-20-18(15)22-21-17/h2-3,6-7,13-14H,1,4-5,8-12H2,(H,20,21,22)/t13-,14-/m1/s1. The van der Waals surface area contributed by atoms with Crippen LogP contribution in [-0.4, -0.2) is 63.0 Å². The summed E-state index contributed by atoms with van der Waals surface area (Å²) in [5.74, 6) is 0.128. The molecule has 7 nitrogen and oxygen atoms in total. The molecule has 0 spiro atoms. The van der Waals surface area contributed by atoms with Crippen LogP contribution in [0.5, 0.6) is 0 Å². The molecule has 1 N–H and O–H groups in total. The highest BCUT2D eigenvalue weighted by Gasteiger charge is 2.37. The maximum absolute atomic E-state index is 13.0. The number of piperidine rings is 1. The Morgan fingerprint density at radius 1 is 1.42 bits per heavy atom. The lowest BCUT2D eigenvalue weighted by Gasteiger charge is -2.34. The maximum atomic E-state index is 13.0. The first kappa shape index (κ1) is 16.8. The molecule has 2 aromatic heterocycles. The Morgan fingerprint density at radius 3 is 3.15 bits per heavy atom. The van der Waals surface area contributed by atoms with Crippen molar-refractivity contribution in [3.8, 4) is 0 Å². The lowest BCUT2D eigenvalue weighted by atomic mass is 9.92. The van der Waals surface area contributed by atoms with Gasteiger partial charge in [-0.15, -0.1) is 6.58 Å². The Labute approximate surface area is 152 Å². The van der Waals surface area contributed by atoms with E-state index in [9.17, 15) is 9.59 Å². The van der Waals surface area contributed by atoms with E-state index in [4.69, 9.17) is 0 Å². The van der Waals surface area contributed by atoms with Crippen LogP contribution >= 0.6 is 0 Å². The summed E-state index contributed by atoms with van der Waals surface area (Å²) >= 11 is 0. The van der Waals surface area contributed by atoms with E-state index in [1.807, 2.05) is 17.0 Å². The van der Waals surface area contributed by atoms with Crippen molar-refractivity contribution in [1.29, 1.82) is 0 Å². The Kier molecular flexibility index (Phi) is 4.44. The molecular weight excluding hydrogens is 330 g/mol. The van der Waals surface area contributed by atoms with Gasteiger partial charge in [0.25, 0.3) is 0 Å². The zero-order valence-corrected chi connectivity index (χ0v) is 14.7. The molecule has 0 aromatic carbocycles. The number of H-pyrrole nitrogens is 1. The molecule has 0 bridgehead atoms. The minimum absolute atomic E-state index is 0.0439. The number of carbonyl (C=O) groups excluding carboxylic acids is 2. The van der Waals surface area contributed by atoms with Gasteiger partial charge in [0.2, 0.25) is 11.8 Å². The van der Waals surface area contributed by atoms with E-state index in [-0.39, 0.29) is 23.7 Å². The molecule has 7 heteroatoms. The number of fused-ring (bicyclic) bond motifs is 1.